The number of benzene rings is 2. The van der Waals surface area contributed by atoms with E-state index in [0.29, 0.717) is 11.5 Å². The van der Waals surface area contributed by atoms with Crippen molar-refractivity contribution in [3.05, 3.63) is 103 Å². The van der Waals surface area contributed by atoms with Gasteiger partial charge < -0.3 is 24.6 Å². The lowest BCUT2D eigenvalue weighted by atomic mass is 10.2. The molecule has 35 heavy (non-hydrogen) atoms. The molecule has 12 nitrogen and oxygen atoms in total. The lowest BCUT2D eigenvalue weighted by Gasteiger charge is -2.09. The van der Waals surface area contributed by atoms with Crippen LogP contribution in [0.4, 0.5) is 17.2 Å². The molecule has 1 amide bonds. The molecule has 0 radical (unpaired) electrons. The molecular weight excluding hydrogens is 526 g/mol. The number of nitrogens with one attached hydrogen (secondary N) is 1. The maximum atomic E-state index is 12.7. The normalized spacial score (nSPS) is 10.7. The molecule has 0 bridgehead atoms. The zero-order valence-electron chi connectivity index (χ0n) is 18.0. The molecule has 0 saturated carbocycles. The third kappa shape index (κ3) is 5.70. The molecule has 2 aromatic carbocycles. The molecule has 2 heterocycles. The van der Waals surface area contributed by atoms with Gasteiger partial charge in [0.25, 0.3) is 11.6 Å². The van der Waals surface area contributed by atoms with Crippen molar-refractivity contribution in [2.45, 2.75) is 13.5 Å². The number of nitro benzene ring substituents is 1. The quantitative estimate of drug-likeness (QED) is 0.227. The zero-order valence-corrected chi connectivity index (χ0v) is 19.6. The molecule has 4 aromatic rings. The van der Waals surface area contributed by atoms with Gasteiger partial charge in [0.15, 0.2) is 5.76 Å². The van der Waals surface area contributed by atoms with Crippen molar-refractivity contribution < 1.29 is 23.8 Å². The number of furan rings is 1. The Morgan fingerprint density at radius 1 is 1.11 bits per heavy atom. The van der Waals surface area contributed by atoms with E-state index in [1.54, 1.807) is 18.2 Å². The zero-order chi connectivity index (χ0) is 25.1. The Hall–Kier alpha value is -4.52. The van der Waals surface area contributed by atoms with Gasteiger partial charge in [-0.15, -0.1) is 0 Å². The van der Waals surface area contributed by atoms with Crippen LogP contribution >= 0.6 is 15.9 Å². The van der Waals surface area contributed by atoms with Crippen molar-refractivity contribution in [1.29, 1.82) is 0 Å². The number of carbonyl (C=O) groups is 1. The molecule has 13 heteroatoms. The number of hydrogen-bond acceptors (Lipinski definition) is 8. The molecular formula is C22H16BrN5O7. The monoisotopic (exact) mass is 541 g/mol. The second-order valence-electron chi connectivity index (χ2n) is 7.37. The van der Waals surface area contributed by atoms with E-state index < -0.39 is 15.8 Å². The minimum absolute atomic E-state index is 0.0466. The third-order valence-corrected chi connectivity index (χ3v) is 5.22. The number of nitro groups is 2. The van der Waals surface area contributed by atoms with Crippen LogP contribution in [0.2, 0.25) is 0 Å². The molecule has 0 aliphatic rings. The largest absolute Gasteiger partial charge is 0.457 e. The van der Waals surface area contributed by atoms with Crippen molar-refractivity contribution >= 4 is 39.0 Å². The summed E-state index contributed by atoms with van der Waals surface area (Å²) in [5, 5.41) is 28.7. The van der Waals surface area contributed by atoms with Crippen LogP contribution in [0.5, 0.6) is 11.5 Å². The number of hydrogen-bond donors (Lipinski definition) is 1. The Bertz CT molecular complexity index is 1450. The first-order valence-corrected chi connectivity index (χ1v) is 10.8. The van der Waals surface area contributed by atoms with E-state index in [9.17, 15) is 25.0 Å². The van der Waals surface area contributed by atoms with Crippen LogP contribution in [0.1, 0.15) is 21.9 Å². The number of nitrogens with zero attached hydrogens (tertiary/aromatic N) is 4. The third-order valence-electron chi connectivity index (χ3n) is 4.66. The van der Waals surface area contributed by atoms with Gasteiger partial charge >= 0.3 is 5.82 Å². The van der Waals surface area contributed by atoms with Gasteiger partial charge in [0, 0.05) is 12.1 Å². The van der Waals surface area contributed by atoms with Gasteiger partial charge in [0.2, 0.25) is 0 Å². The summed E-state index contributed by atoms with van der Waals surface area (Å²) in [6.07, 6.45) is 1.42. The van der Waals surface area contributed by atoms with Crippen LogP contribution in [0.3, 0.4) is 0 Å². The number of rotatable bonds is 8. The lowest BCUT2D eigenvalue weighted by Crippen LogP contribution is -2.11. The SMILES string of the molecule is Cc1cccc(Oc2cc(NC(=O)c3ccc(Cn4cc(Br)c([N+](=O)[O-])n4)o3)cc([N+](=O)[O-])c2)c1. The first-order chi connectivity index (χ1) is 16.7. The number of aromatic nitrogens is 2. The summed E-state index contributed by atoms with van der Waals surface area (Å²) in [5.41, 5.74) is 0.819. The average molecular weight is 542 g/mol. The fourth-order valence-corrected chi connectivity index (χ4v) is 3.62. The smallest absolute Gasteiger partial charge is 0.404 e. The second-order valence-corrected chi connectivity index (χ2v) is 8.22. The van der Waals surface area contributed by atoms with Gasteiger partial charge in [0.1, 0.15) is 28.3 Å². The highest BCUT2D eigenvalue weighted by molar-refractivity contribution is 9.10. The molecule has 1 N–H and O–H groups in total. The standard InChI is InChI=1S/C22H16BrN5O7/c1-13-3-2-4-16(7-13)34-18-9-14(8-15(10-18)27(30)31)24-22(29)20-6-5-17(35-20)11-26-12-19(23)21(25-26)28(32)33/h2-10,12H,11H2,1H3,(H,24,29). The number of anilines is 1. The van der Waals surface area contributed by atoms with Crippen LogP contribution in [-0.2, 0) is 6.54 Å². The molecule has 0 fully saturated rings. The first-order valence-electron chi connectivity index (χ1n) is 9.99. The minimum Gasteiger partial charge on any atom is -0.457 e. The summed E-state index contributed by atoms with van der Waals surface area (Å²) < 4.78 is 12.8. The summed E-state index contributed by atoms with van der Waals surface area (Å²) in [4.78, 5) is 33.8. The highest BCUT2D eigenvalue weighted by Crippen LogP contribution is 2.30. The van der Waals surface area contributed by atoms with Gasteiger partial charge in [-0.3, -0.25) is 14.9 Å². The maximum Gasteiger partial charge on any atom is 0.404 e. The molecule has 4 rings (SSSR count). The predicted octanol–water partition coefficient (Wildman–Crippen LogP) is 5.46. The molecule has 0 spiro atoms. The molecule has 0 aliphatic heterocycles. The number of amides is 1. The van der Waals surface area contributed by atoms with E-state index in [2.05, 4.69) is 26.3 Å². The summed E-state index contributed by atoms with van der Waals surface area (Å²) in [6.45, 7) is 1.93. The second kappa shape index (κ2) is 9.77. The lowest BCUT2D eigenvalue weighted by molar-refractivity contribution is -0.390. The predicted molar refractivity (Wildman–Crippen MR) is 127 cm³/mol. The molecule has 2 aromatic heterocycles. The Kier molecular flexibility index (Phi) is 6.59. The van der Waals surface area contributed by atoms with Crippen molar-refractivity contribution in [1.82, 2.24) is 9.78 Å². The van der Waals surface area contributed by atoms with Gasteiger partial charge in [-0.25, -0.2) is 0 Å². The average Bonchev–Trinajstić information content (AvgIpc) is 3.40. The summed E-state index contributed by atoms with van der Waals surface area (Å²) in [6, 6.07) is 14.0. The summed E-state index contributed by atoms with van der Waals surface area (Å²) in [7, 11) is 0. The maximum absolute atomic E-state index is 12.7. The van der Waals surface area contributed by atoms with Gasteiger partial charge in [-0.2, -0.15) is 4.68 Å². The van der Waals surface area contributed by atoms with Crippen LogP contribution in [-0.4, -0.2) is 25.5 Å². The van der Waals surface area contributed by atoms with Crippen molar-refractivity contribution in [2.24, 2.45) is 0 Å². The number of halogens is 1. The van der Waals surface area contributed by atoms with Crippen molar-refractivity contribution in [3.63, 3.8) is 0 Å². The highest BCUT2D eigenvalue weighted by atomic mass is 79.9. The fraction of sp³-hybridized carbons (Fsp3) is 0.0909. The van der Waals surface area contributed by atoms with E-state index in [1.165, 1.54) is 41.2 Å². The topological polar surface area (TPSA) is 156 Å². The number of carbonyl (C=O) groups excluding carboxylic acids is 1. The summed E-state index contributed by atoms with van der Waals surface area (Å²) in [5.74, 6) is -0.0688. The molecule has 178 valence electrons. The van der Waals surface area contributed by atoms with Gasteiger partial charge in [0.05, 0.1) is 28.0 Å². The van der Waals surface area contributed by atoms with Crippen LogP contribution in [0, 0.1) is 27.2 Å². The molecule has 0 atom stereocenters. The van der Waals surface area contributed by atoms with E-state index in [0.717, 1.165) is 5.56 Å². The Morgan fingerprint density at radius 2 is 1.91 bits per heavy atom. The number of non-ortho nitro benzene ring substituents is 1. The highest BCUT2D eigenvalue weighted by Gasteiger charge is 2.20. The van der Waals surface area contributed by atoms with Crippen molar-refractivity contribution in [3.8, 4) is 11.5 Å². The number of aryl methyl sites for hydroxylation is 1. The van der Waals surface area contributed by atoms with Gasteiger partial charge in [-0.05, 0) is 57.6 Å². The van der Waals surface area contributed by atoms with Crippen molar-refractivity contribution in [2.75, 3.05) is 5.32 Å². The van der Waals surface area contributed by atoms with E-state index >= 15 is 0 Å². The summed E-state index contributed by atoms with van der Waals surface area (Å²) >= 11 is 3.06. The Labute approximate surface area is 205 Å². The Balaban J connectivity index is 1.51. The van der Waals surface area contributed by atoms with Crippen LogP contribution in [0.25, 0.3) is 0 Å². The van der Waals surface area contributed by atoms with Crippen LogP contribution < -0.4 is 10.1 Å². The molecule has 0 unspecified atom stereocenters. The number of ether oxygens (including phenoxy) is 1. The fourth-order valence-electron chi connectivity index (χ4n) is 3.16. The Morgan fingerprint density at radius 3 is 2.60 bits per heavy atom. The minimum atomic E-state index is -0.647. The molecule has 0 saturated heterocycles. The van der Waals surface area contributed by atoms with E-state index in [4.69, 9.17) is 9.15 Å². The van der Waals surface area contributed by atoms with E-state index in [1.807, 2.05) is 13.0 Å². The van der Waals surface area contributed by atoms with Gasteiger partial charge in [-0.1, -0.05) is 12.1 Å². The van der Waals surface area contributed by atoms with E-state index in [-0.39, 0.29) is 39.7 Å². The molecule has 0 aliphatic carbocycles. The first kappa shape index (κ1) is 23.6. The van der Waals surface area contributed by atoms with Crippen LogP contribution in [0.15, 0.2) is 69.7 Å².